The van der Waals surface area contributed by atoms with Crippen LogP contribution in [0.1, 0.15) is 33.6 Å². The van der Waals surface area contributed by atoms with Crippen LogP contribution >= 0.6 is 0 Å². The molecule has 0 radical (unpaired) electrons. The van der Waals surface area contributed by atoms with Gasteiger partial charge in [0.25, 0.3) is 5.91 Å². The molecule has 3 N–H and O–H groups in total. The second kappa shape index (κ2) is 5.70. The van der Waals surface area contributed by atoms with E-state index >= 15 is 0 Å². The molecular weight excluding hydrogens is 196 g/mol. The molecule has 0 atom stereocenters. The number of carbonyl (C=O) groups excluding carboxylic acids is 2. The fourth-order valence-corrected chi connectivity index (χ4v) is 1.18. The molecule has 0 bridgehead atoms. The summed E-state index contributed by atoms with van der Waals surface area (Å²) in [7, 11) is 0. The molecule has 0 aromatic rings. The van der Waals surface area contributed by atoms with Crippen molar-refractivity contribution in [3.63, 3.8) is 0 Å². The van der Waals surface area contributed by atoms with Crippen molar-refractivity contribution >= 4 is 11.8 Å². The zero-order chi connectivity index (χ0) is 12.1. The van der Waals surface area contributed by atoms with Crippen LogP contribution in [0, 0.1) is 0 Å². The van der Waals surface area contributed by atoms with E-state index in [1.807, 2.05) is 6.92 Å². The molecule has 0 aliphatic carbocycles. The Morgan fingerprint density at radius 3 is 2.27 bits per heavy atom. The highest BCUT2D eigenvalue weighted by atomic mass is 16.3. The zero-order valence-corrected chi connectivity index (χ0v) is 9.62. The highest BCUT2D eigenvalue weighted by Crippen LogP contribution is 2.08. The van der Waals surface area contributed by atoms with E-state index in [0.29, 0.717) is 6.54 Å². The van der Waals surface area contributed by atoms with Crippen LogP contribution in [-0.4, -0.2) is 40.5 Å². The number of unbranched alkanes of at least 4 members (excludes halogenated alkanes) is 1. The summed E-state index contributed by atoms with van der Waals surface area (Å²) in [5.41, 5.74) is 3.58. The molecule has 2 amide bonds. The number of rotatable bonds is 6. The minimum absolute atomic E-state index is 0.136. The number of carbonyl (C=O) groups is 2. The monoisotopic (exact) mass is 216 g/mol. The molecule has 15 heavy (non-hydrogen) atoms. The summed E-state index contributed by atoms with van der Waals surface area (Å²) in [6.07, 6.45) is 1.70. The van der Waals surface area contributed by atoms with Crippen molar-refractivity contribution in [2.45, 2.75) is 39.2 Å². The van der Waals surface area contributed by atoms with Gasteiger partial charge >= 0.3 is 0 Å². The average molecular weight is 216 g/mol. The van der Waals surface area contributed by atoms with Crippen LogP contribution in [0.4, 0.5) is 0 Å². The van der Waals surface area contributed by atoms with Crippen molar-refractivity contribution in [1.82, 2.24) is 4.90 Å². The molecule has 0 spiro atoms. The molecule has 0 aliphatic heterocycles. The van der Waals surface area contributed by atoms with E-state index in [2.05, 4.69) is 0 Å². The first kappa shape index (κ1) is 13.9. The third-order valence-electron chi connectivity index (χ3n) is 1.94. The molecule has 0 rings (SSSR count). The number of hydrogen-bond donors (Lipinski definition) is 2. The Hall–Kier alpha value is -1.10. The number of aliphatic hydroxyl groups is 1. The van der Waals surface area contributed by atoms with Gasteiger partial charge in [-0.1, -0.05) is 13.3 Å². The number of hydrogen-bond acceptors (Lipinski definition) is 3. The van der Waals surface area contributed by atoms with Gasteiger partial charge in [0, 0.05) is 6.54 Å². The van der Waals surface area contributed by atoms with Crippen molar-refractivity contribution in [3.05, 3.63) is 0 Å². The molecule has 0 aliphatic rings. The summed E-state index contributed by atoms with van der Waals surface area (Å²) in [6.45, 7) is 5.09. The summed E-state index contributed by atoms with van der Waals surface area (Å²) in [5.74, 6) is -1.03. The first-order chi connectivity index (χ1) is 6.79. The summed E-state index contributed by atoms with van der Waals surface area (Å²) in [5, 5.41) is 9.53. The van der Waals surface area contributed by atoms with Gasteiger partial charge in [-0.3, -0.25) is 9.59 Å². The fraction of sp³-hybridized carbons (Fsp3) is 0.800. The standard InChI is InChI=1S/C10H20N2O3/c1-4-5-6-12(7-8(11)13)9(14)10(2,3)15/h15H,4-7H2,1-3H3,(H2,11,13). The van der Waals surface area contributed by atoms with Crippen LogP contribution in [0.2, 0.25) is 0 Å². The van der Waals surface area contributed by atoms with E-state index in [0.717, 1.165) is 12.8 Å². The van der Waals surface area contributed by atoms with Crippen LogP contribution in [0.25, 0.3) is 0 Å². The Balaban J connectivity index is 4.47. The third-order valence-corrected chi connectivity index (χ3v) is 1.94. The predicted octanol–water partition coefficient (Wildman–Crippen LogP) is -0.129. The minimum atomic E-state index is -1.46. The quantitative estimate of drug-likeness (QED) is 0.648. The Morgan fingerprint density at radius 1 is 1.40 bits per heavy atom. The van der Waals surface area contributed by atoms with Crippen LogP contribution in [0.5, 0.6) is 0 Å². The summed E-state index contributed by atoms with van der Waals surface area (Å²) < 4.78 is 0. The molecule has 5 heteroatoms. The summed E-state index contributed by atoms with van der Waals surface area (Å²) >= 11 is 0. The zero-order valence-electron chi connectivity index (χ0n) is 9.62. The first-order valence-electron chi connectivity index (χ1n) is 5.09. The van der Waals surface area contributed by atoms with E-state index < -0.39 is 17.4 Å². The van der Waals surface area contributed by atoms with Crippen LogP contribution in [-0.2, 0) is 9.59 Å². The SMILES string of the molecule is CCCCN(CC(N)=O)C(=O)C(C)(C)O. The number of nitrogens with zero attached hydrogens (tertiary/aromatic N) is 1. The maximum atomic E-state index is 11.7. The van der Waals surface area contributed by atoms with E-state index in [4.69, 9.17) is 5.73 Å². The smallest absolute Gasteiger partial charge is 0.254 e. The van der Waals surface area contributed by atoms with E-state index in [1.54, 1.807) is 0 Å². The van der Waals surface area contributed by atoms with E-state index in [-0.39, 0.29) is 6.54 Å². The molecule has 5 nitrogen and oxygen atoms in total. The van der Waals surface area contributed by atoms with Gasteiger partial charge in [0.2, 0.25) is 5.91 Å². The molecule has 88 valence electrons. The molecule has 0 fully saturated rings. The van der Waals surface area contributed by atoms with Gasteiger partial charge in [-0.25, -0.2) is 0 Å². The maximum Gasteiger partial charge on any atom is 0.254 e. The number of amides is 2. The molecule has 0 aromatic carbocycles. The summed E-state index contributed by atoms with van der Waals surface area (Å²) in [6, 6.07) is 0. The van der Waals surface area contributed by atoms with Gasteiger partial charge in [-0.2, -0.15) is 0 Å². The van der Waals surface area contributed by atoms with E-state index in [9.17, 15) is 14.7 Å². The molecule has 0 aromatic heterocycles. The van der Waals surface area contributed by atoms with Gasteiger partial charge in [0.15, 0.2) is 0 Å². The second-order valence-electron chi connectivity index (χ2n) is 4.11. The lowest BCUT2D eigenvalue weighted by molar-refractivity contribution is -0.149. The van der Waals surface area contributed by atoms with Gasteiger partial charge in [0.1, 0.15) is 5.60 Å². The van der Waals surface area contributed by atoms with E-state index in [1.165, 1.54) is 18.7 Å². The molecule has 0 unspecified atom stereocenters. The van der Waals surface area contributed by atoms with Gasteiger partial charge in [-0.05, 0) is 20.3 Å². The minimum Gasteiger partial charge on any atom is -0.381 e. The molecule has 0 saturated carbocycles. The Labute approximate surface area is 90.2 Å². The van der Waals surface area contributed by atoms with Crippen molar-refractivity contribution in [3.8, 4) is 0 Å². The van der Waals surface area contributed by atoms with Crippen molar-refractivity contribution in [1.29, 1.82) is 0 Å². The average Bonchev–Trinajstić information content (AvgIpc) is 2.09. The maximum absolute atomic E-state index is 11.7. The Kier molecular flexibility index (Phi) is 5.28. The Morgan fingerprint density at radius 2 is 1.93 bits per heavy atom. The van der Waals surface area contributed by atoms with Crippen LogP contribution in [0.15, 0.2) is 0 Å². The van der Waals surface area contributed by atoms with Gasteiger partial charge in [0.05, 0.1) is 6.54 Å². The van der Waals surface area contributed by atoms with Gasteiger partial charge in [-0.15, -0.1) is 0 Å². The lowest BCUT2D eigenvalue weighted by Crippen LogP contribution is -2.48. The molecule has 0 heterocycles. The second-order valence-corrected chi connectivity index (χ2v) is 4.11. The lowest BCUT2D eigenvalue weighted by atomic mass is 10.1. The van der Waals surface area contributed by atoms with Gasteiger partial charge < -0.3 is 15.7 Å². The fourth-order valence-electron chi connectivity index (χ4n) is 1.18. The number of primary amides is 1. The van der Waals surface area contributed by atoms with Crippen molar-refractivity contribution in [2.24, 2.45) is 5.73 Å². The highest BCUT2D eigenvalue weighted by molar-refractivity contribution is 5.88. The lowest BCUT2D eigenvalue weighted by Gasteiger charge is -2.27. The largest absolute Gasteiger partial charge is 0.381 e. The number of nitrogens with two attached hydrogens (primary N) is 1. The van der Waals surface area contributed by atoms with Crippen LogP contribution < -0.4 is 5.73 Å². The molecular formula is C10H20N2O3. The molecule has 0 saturated heterocycles. The van der Waals surface area contributed by atoms with Crippen LogP contribution in [0.3, 0.4) is 0 Å². The topological polar surface area (TPSA) is 83.6 Å². The third kappa shape index (κ3) is 5.37. The van der Waals surface area contributed by atoms with Crippen molar-refractivity contribution < 1.29 is 14.7 Å². The summed E-state index contributed by atoms with van der Waals surface area (Å²) in [4.78, 5) is 23.7. The van der Waals surface area contributed by atoms with Crippen molar-refractivity contribution in [2.75, 3.05) is 13.1 Å². The Bertz CT molecular complexity index is 233. The first-order valence-corrected chi connectivity index (χ1v) is 5.09. The normalized spacial score (nSPS) is 11.2. The predicted molar refractivity (Wildman–Crippen MR) is 57.0 cm³/mol. The highest BCUT2D eigenvalue weighted by Gasteiger charge is 2.29.